The van der Waals surface area contributed by atoms with Gasteiger partial charge in [-0.2, -0.15) is 0 Å². The number of hydrogen-bond donors (Lipinski definition) is 5. The Labute approximate surface area is 191 Å². The number of aromatic nitrogens is 4. The molecule has 4 heterocycles. The molecule has 0 saturated carbocycles. The van der Waals surface area contributed by atoms with Crippen LogP contribution in [0.3, 0.4) is 0 Å². The Hall–Kier alpha value is -3.17. The van der Waals surface area contributed by atoms with Crippen molar-refractivity contribution in [3.05, 3.63) is 42.2 Å². The van der Waals surface area contributed by atoms with Gasteiger partial charge in [0, 0.05) is 30.0 Å². The number of imidazole rings is 1. The summed E-state index contributed by atoms with van der Waals surface area (Å²) in [7, 11) is 0. The van der Waals surface area contributed by atoms with Crippen molar-refractivity contribution in [1.82, 2.24) is 25.3 Å². The summed E-state index contributed by atoms with van der Waals surface area (Å²) in [4.78, 5) is 17.1. The van der Waals surface area contributed by atoms with Crippen LogP contribution in [0.1, 0.15) is 26.7 Å². The topological polar surface area (TPSA) is 103 Å². The highest BCUT2D eigenvalue weighted by Crippen LogP contribution is 2.31. The summed E-state index contributed by atoms with van der Waals surface area (Å²) in [5, 5.41) is 13.9. The summed E-state index contributed by atoms with van der Waals surface area (Å²) in [5.74, 6) is 2.53. The van der Waals surface area contributed by atoms with Gasteiger partial charge in [-0.3, -0.25) is 0 Å². The highest BCUT2D eigenvalue weighted by Gasteiger charge is 2.16. The van der Waals surface area contributed by atoms with Crippen molar-refractivity contribution in [2.75, 3.05) is 29.0 Å². The fourth-order valence-electron chi connectivity index (χ4n) is 3.94. The van der Waals surface area contributed by atoms with Crippen molar-refractivity contribution in [2.45, 2.75) is 38.8 Å². The molecule has 0 bridgehead atoms. The molecule has 0 spiro atoms. The highest BCUT2D eigenvalue weighted by molar-refractivity contribution is 7.16. The van der Waals surface area contributed by atoms with Crippen LogP contribution < -0.4 is 21.3 Å². The van der Waals surface area contributed by atoms with Gasteiger partial charge in [-0.05, 0) is 58.0 Å². The van der Waals surface area contributed by atoms with E-state index < -0.39 is 0 Å². The third-order valence-electron chi connectivity index (χ3n) is 5.48. The number of hydrogen-bond acceptors (Lipinski definition) is 8. The third-order valence-corrected chi connectivity index (χ3v) is 6.27. The molecule has 4 aromatic rings. The van der Waals surface area contributed by atoms with E-state index in [0.29, 0.717) is 6.04 Å². The van der Waals surface area contributed by atoms with Crippen LogP contribution in [-0.2, 0) is 0 Å². The first kappa shape index (κ1) is 20.7. The molecule has 0 amide bonds. The molecule has 1 aliphatic rings. The number of aromatic amines is 1. The Morgan fingerprint density at radius 3 is 2.78 bits per heavy atom. The summed E-state index contributed by atoms with van der Waals surface area (Å²) in [6, 6.07) is 8.93. The maximum Gasteiger partial charge on any atom is 0.142 e. The largest absolute Gasteiger partial charge is 0.382 e. The Morgan fingerprint density at radius 2 is 1.94 bits per heavy atom. The summed E-state index contributed by atoms with van der Waals surface area (Å²) >= 11 is 1.63. The Kier molecular flexibility index (Phi) is 5.91. The van der Waals surface area contributed by atoms with Crippen LogP contribution >= 0.6 is 11.3 Å². The number of rotatable bonds is 7. The number of nitrogens with one attached hydrogen (secondary N) is 5. The van der Waals surface area contributed by atoms with Gasteiger partial charge in [-0.25, -0.2) is 15.0 Å². The number of H-pyrrole nitrogens is 1. The predicted molar refractivity (Wildman–Crippen MR) is 133 cm³/mol. The smallest absolute Gasteiger partial charge is 0.142 e. The zero-order chi connectivity index (χ0) is 21.9. The molecule has 1 aliphatic heterocycles. The molecule has 0 atom stereocenters. The summed E-state index contributed by atoms with van der Waals surface area (Å²) in [6.45, 7) is 6.35. The van der Waals surface area contributed by atoms with Gasteiger partial charge in [0.1, 0.15) is 17.5 Å². The number of thiazole rings is 1. The second-order valence-corrected chi connectivity index (χ2v) is 9.27. The van der Waals surface area contributed by atoms with Crippen LogP contribution in [0.5, 0.6) is 0 Å². The lowest BCUT2D eigenvalue weighted by atomic mass is 10.1. The molecule has 5 N–H and O–H groups in total. The van der Waals surface area contributed by atoms with Gasteiger partial charge in [-0.15, -0.1) is 11.3 Å². The zero-order valence-corrected chi connectivity index (χ0v) is 19.1. The van der Waals surface area contributed by atoms with Crippen LogP contribution in [0.4, 0.5) is 23.0 Å². The first-order valence-corrected chi connectivity index (χ1v) is 11.9. The van der Waals surface area contributed by atoms with E-state index in [0.717, 1.165) is 70.5 Å². The summed E-state index contributed by atoms with van der Waals surface area (Å²) < 4.78 is 1.15. The molecule has 9 heteroatoms. The molecule has 3 aromatic heterocycles. The van der Waals surface area contributed by atoms with Gasteiger partial charge in [-0.1, -0.05) is 0 Å². The molecule has 166 valence electrons. The van der Waals surface area contributed by atoms with Gasteiger partial charge in [0.05, 0.1) is 33.2 Å². The first-order chi connectivity index (χ1) is 15.6. The van der Waals surface area contributed by atoms with Crippen molar-refractivity contribution in [3.63, 3.8) is 0 Å². The van der Waals surface area contributed by atoms with Crippen molar-refractivity contribution < 1.29 is 0 Å². The second-order valence-electron chi connectivity index (χ2n) is 8.39. The minimum absolute atomic E-state index is 0.278. The number of nitrogens with zero attached hydrogens (tertiary/aromatic N) is 3. The Bertz CT molecular complexity index is 1190. The van der Waals surface area contributed by atoms with Gasteiger partial charge in [0.2, 0.25) is 0 Å². The lowest BCUT2D eigenvalue weighted by molar-refractivity contribution is 0.478. The van der Waals surface area contributed by atoms with E-state index in [1.807, 2.05) is 36.1 Å². The van der Waals surface area contributed by atoms with Crippen LogP contribution in [0.25, 0.3) is 21.6 Å². The maximum atomic E-state index is 4.66. The van der Waals surface area contributed by atoms with E-state index in [1.165, 1.54) is 0 Å². The monoisotopic (exact) mass is 448 g/mol. The third kappa shape index (κ3) is 4.68. The summed E-state index contributed by atoms with van der Waals surface area (Å²) in [5.41, 5.74) is 5.80. The van der Waals surface area contributed by atoms with Gasteiger partial charge >= 0.3 is 0 Å². The number of pyridine rings is 1. The minimum Gasteiger partial charge on any atom is -0.382 e. The van der Waals surface area contributed by atoms with E-state index >= 15 is 0 Å². The van der Waals surface area contributed by atoms with E-state index in [9.17, 15) is 0 Å². The summed E-state index contributed by atoms with van der Waals surface area (Å²) in [6.07, 6.45) is 5.96. The van der Waals surface area contributed by atoms with E-state index in [1.54, 1.807) is 11.3 Å². The number of anilines is 4. The van der Waals surface area contributed by atoms with Crippen molar-refractivity contribution in [2.24, 2.45) is 0 Å². The van der Waals surface area contributed by atoms with Crippen molar-refractivity contribution in [3.8, 4) is 11.4 Å². The zero-order valence-electron chi connectivity index (χ0n) is 18.3. The van der Waals surface area contributed by atoms with Crippen LogP contribution in [-0.4, -0.2) is 45.1 Å². The molecule has 1 aromatic carbocycles. The molecule has 5 rings (SSSR count). The number of piperidine rings is 1. The van der Waals surface area contributed by atoms with E-state index in [4.69, 9.17) is 0 Å². The molecule has 32 heavy (non-hydrogen) atoms. The Morgan fingerprint density at radius 1 is 1.06 bits per heavy atom. The molecule has 8 nitrogen and oxygen atoms in total. The average molecular weight is 449 g/mol. The van der Waals surface area contributed by atoms with Gasteiger partial charge in [0.15, 0.2) is 0 Å². The number of benzene rings is 1. The quantitative estimate of drug-likeness (QED) is 0.276. The standard InChI is InChI=1S/C23H28N8S/c1-14(2)28-19-10-21(30-16-3-4-18-20(9-16)32-13-27-18)25-11-17(19)23-26-12-22(31-23)29-15-5-7-24-8-6-15/h3-4,9-15,24,29H,5-8H2,1-2H3,(H,26,31)(H2,25,28,30). The fraction of sp³-hybridized carbons (Fsp3) is 0.348. The highest BCUT2D eigenvalue weighted by atomic mass is 32.1. The fourth-order valence-corrected chi connectivity index (χ4v) is 4.66. The van der Waals surface area contributed by atoms with Crippen LogP contribution in [0.2, 0.25) is 0 Å². The molecule has 0 radical (unpaired) electrons. The molecule has 0 aliphatic carbocycles. The lowest BCUT2D eigenvalue weighted by Crippen LogP contribution is -2.35. The molecular formula is C23H28N8S. The van der Waals surface area contributed by atoms with E-state index in [2.05, 4.69) is 61.1 Å². The molecular weight excluding hydrogens is 420 g/mol. The van der Waals surface area contributed by atoms with Crippen LogP contribution in [0.15, 0.2) is 42.2 Å². The predicted octanol–water partition coefficient (Wildman–Crippen LogP) is 4.81. The first-order valence-electron chi connectivity index (χ1n) is 11.0. The lowest BCUT2D eigenvalue weighted by Gasteiger charge is -2.23. The maximum absolute atomic E-state index is 4.66. The molecule has 1 saturated heterocycles. The SMILES string of the molecule is CC(C)Nc1cc(Nc2ccc3ncsc3c2)ncc1-c1ncc(NC2CCNCC2)[nH]1. The number of fused-ring (bicyclic) bond motifs is 1. The molecule has 0 unspecified atom stereocenters. The minimum atomic E-state index is 0.278. The van der Waals surface area contributed by atoms with Crippen molar-refractivity contribution >= 4 is 44.6 Å². The van der Waals surface area contributed by atoms with Crippen LogP contribution in [0, 0.1) is 0 Å². The van der Waals surface area contributed by atoms with Crippen molar-refractivity contribution in [1.29, 1.82) is 0 Å². The van der Waals surface area contributed by atoms with E-state index in [-0.39, 0.29) is 6.04 Å². The average Bonchev–Trinajstić information content (AvgIpc) is 3.43. The molecule has 1 fully saturated rings. The normalized spacial score (nSPS) is 14.7. The second kappa shape index (κ2) is 9.13. The van der Waals surface area contributed by atoms with Gasteiger partial charge < -0.3 is 26.3 Å². The Balaban J connectivity index is 1.38. The van der Waals surface area contributed by atoms with Gasteiger partial charge in [0.25, 0.3) is 0 Å².